The van der Waals surface area contributed by atoms with Gasteiger partial charge in [-0.3, -0.25) is 9.59 Å². The molecule has 0 aromatic carbocycles. The third-order valence-corrected chi connectivity index (χ3v) is 5.40. The number of piperidine rings is 1. The fourth-order valence-electron chi connectivity index (χ4n) is 3.24. The largest absolute Gasteiger partial charge is 0.444 e. The Morgan fingerprint density at radius 1 is 1.11 bits per heavy atom. The van der Waals surface area contributed by atoms with E-state index in [1.807, 2.05) is 41.5 Å². The Bertz CT molecular complexity index is 582. The fourth-order valence-corrected chi connectivity index (χ4v) is 4.40. The monoisotopic (exact) mass is 399 g/mol. The summed E-state index contributed by atoms with van der Waals surface area (Å²) < 4.78 is 5.44. The molecule has 3 amide bonds. The lowest BCUT2D eigenvalue weighted by atomic mass is 9.96. The molecule has 2 fully saturated rings. The standard InChI is InChI=1S/C19H33N3O4S/c1-18(2,3)20-15(23)14-11-27-12-22(14)16(24)13-8-7-9-21(10-13)17(25)26-19(4,5)6/h13-14H,7-12H2,1-6H3,(H,20,23). The van der Waals surface area contributed by atoms with Crippen molar-refractivity contribution in [2.75, 3.05) is 24.7 Å². The average molecular weight is 400 g/mol. The molecule has 2 heterocycles. The topological polar surface area (TPSA) is 79.0 Å². The predicted octanol–water partition coefficient (Wildman–Crippen LogP) is 2.45. The summed E-state index contributed by atoms with van der Waals surface area (Å²) in [5.74, 6) is 0.693. The van der Waals surface area contributed by atoms with Gasteiger partial charge in [0.05, 0.1) is 11.8 Å². The van der Waals surface area contributed by atoms with E-state index in [0.717, 1.165) is 12.8 Å². The lowest BCUT2D eigenvalue weighted by Crippen LogP contribution is -2.55. The molecular formula is C19H33N3O4S. The van der Waals surface area contributed by atoms with E-state index in [1.165, 1.54) is 0 Å². The van der Waals surface area contributed by atoms with Crippen molar-refractivity contribution in [2.45, 2.75) is 71.6 Å². The van der Waals surface area contributed by atoms with Crippen LogP contribution in [0.5, 0.6) is 0 Å². The first-order valence-corrected chi connectivity index (χ1v) is 10.7. The quantitative estimate of drug-likeness (QED) is 0.772. The molecule has 2 aliphatic rings. The first-order chi connectivity index (χ1) is 12.4. The van der Waals surface area contributed by atoms with E-state index in [-0.39, 0.29) is 29.4 Å². The van der Waals surface area contributed by atoms with Gasteiger partial charge >= 0.3 is 6.09 Å². The Hall–Kier alpha value is -1.44. The Labute approximate surface area is 166 Å². The van der Waals surface area contributed by atoms with Crippen LogP contribution in [0, 0.1) is 5.92 Å². The average Bonchev–Trinajstić information content (AvgIpc) is 3.00. The molecule has 0 aromatic heterocycles. The molecule has 2 saturated heterocycles. The number of likely N-dealkylation sites (tertiary alicyclic amines) is 1. The van der Waals surface area contributed by atoms with Crippen LogP contribution in [0.15, 0.2) is 0 Å². The van der Waals surface area contributed by atoms with Crippen molar-refractivity contribution in [2.24, 2.45) is 5.92 Å². The highest BCUT2D eigenvalue weighted by Gasteiger charge is 2.40. The third-order valence-electron chi connectivity index (χ3n) is 4.39. The summed E-state index contributed by atoms with van der Waals surface area (Å²) in [7, 11) is 0. The first kappa shape index (κ1) is 21.9. The maximum Gasteiger partial charge on any atom is 0.410 e. The van der Waals surface area contributed by atoms with Gasteiger partial charge in [0.2, 0.25) is 11.8 Å². The molecule has 2 rings (SSSR count). The van der Waals surface area contributed by atoms with Gasteiger partial charge < -0.3 is 19.9 Å². The maximum atomic E-state index is 13.1. The van der Waals surface area contributed by atoms with Gasteiger partial charge in [0.15, 0.2) is 0 Å². The number of hydrogen-bond donors (Lipinski definition) is 1. The molecule has 1 N–H and O–H groups in total. The Kier molecular flexibility index (Phi) is 6.71. The molecule has 0 aromatic rings. The zero-order valence-corrected chi connectivity index (χ0v) is 18.1. The number of hydrogen-bond acceptors (Lipinski definition) is 5. The zero-order chi connectivity index (χ0) is 20.4. The van der Waals surface area contributed by atoms with Gasteiger partial charge in [0.25, 0.3) is 0 Å². The van der Waals surface area contributed by atoms with Gasteiger partial charge in [-0.25, -0.2) is 4.79 Å². The van der Waals surface area contributed by atoms with Crippen molar-refractivity contribution in [3.05, 3.63) is 0 Å². The summed E-state index contributed by atoms with van der Waals surface area (Å²) in [6.45, 7) is 12.2. The highest BCUT2D eigenvalue weighted by molar-refractivity contribution is 7.99. The number of rotatable bonds is 2. The minimum absolute atomic E-state index is 0.0395. The van der Waals surface area contributed by atoms with Crippen LogP contribution in [0.1, 0.15) is 54.4 Å². The molecule has 2 aliphatic heterocycles. The van der Waals surface area contributed by atoms with E-state index in [0.29, 0.717) is 24.7 Å². The van der Waals surface area contributed by atoms with E-state index in [4.69, 9.17) is 4.74 Å². The van der Waals surface area contributed by atoms with E-state index in [2.05, 4.69) is 5.32 Å². The van der Waals surface area contributed by atoms with Crippen molar-refractivity contribution in [3.8, 4) is 0 Å². The third kappa shape index (κ3) is 6.30. The van der Waals surface area contributed by atoms with E-state index < -0.39 is 11.6 Å². The summed E-state index contributed by atoms with van der Waals surface area (Å²) >= 11 is 1.59. The van der Waals surface area contributed by atoms with Crippen LogP contribution in [-0.2, 0) is 14.3 Å². The summed E-state index contributed by atoms with van der Waals surface area (Å²) in [5, 5.41) is 2.97. The fraction of sp³-hybridized carbons (Fsp3) is 0.842. The van der Waals surface area contributed by atoms with Crippen LogP contribution in [0.25, 0.3) is 0 Å². The van der Waals surface area contributed by atoms with Crippen LogP contribution in [0.3, 0.4) is 0 Å². The second kappa shape index (κ2) is 8.29. The van der Waals surface area contributed by atoms with Crippen LogP contribution >= 0.6 is 11.8 Å². The number of amides is 3. The Morgan fingerprint density at radius 2 is 1.78 bits per heavy atom. The van der Waals surface area contributed by atoms with Gasteiger partial charge in [-0.1, -0.05) is 0 Å². The van der Waals surface area contributed by atoms with Gasteiger partial charge in [0, 0.05) is 24.4 Å². The van der Waals surface area contributed by atoms with Gasteiger partial charge in [-0.05, 0) is 54.4 Å². The highest BCUT2D eigenvalue weighted by Crippen LogP contribution is 2.27. The number of nitrogens with one attached hydrogen (secondary N) is 1. The van der Waals surface area contributed by atoms with E-state index >= 15 is 0 Å². The molecular weight excluding hydrogens is 366 g/mol. The summed E-state index contributed by atoms with van der Waals surface area (Å²) in [6, 6.07) is -0.446. The second-order valence-corrected chi connectivity index (χ2v) is 10.3. The van der Waals surface area contributed by atoms with Crippen molar-refractivity contribution in [1.29, 1.82) is 0 Å². The lowest BCUT2D eigenvalue weighted by Gasteiger charge is -2.36. The van der Waals surface area contributed by atoms with Crippen molar-refractivity contribution in [3.63, 3.8) is 0 Å². The molecule has 0 aliphatic carbocycles. The Balaban J connectivity index is 2.01. The van der Waals surface area contributed by atoms with Crippen LogP contribution < -0.4 is 5.32 Å². The highest BCUT2D eigenvalue weighted by atomic mass is 32.2. The van der Waals surface area contributed by atoms with Crippen LogP contribution in [0.2, 0.25) is 0 Å². The summed E-state index contributed by atoms with van der Waals surface area (Å²) in [6.07, 6.45) is 1.11. The molecule has 27 heavy (non-hydrogen) atoms. The Morgan fingerprint density at radius 3 is 2.37 bits per heavy atom. The molecule has 7 nitrogen and oxygen atoms in total. The van der Waals surface area contributed by atoms with Crippen molar-refractivity contribution < 1.29 is 19.1 Å². The minimum atomic E-state index is -0.560. The lowest BCUT2D eigenvalue weighted by molar-refractivity contribution is -0.142. The molecule has 0 spiro atoms. The molecule has 2 atom stereocenters. The second-order valence-electron chi connectivity index (χ2n) is 9.33. The number of ether oxygens (including phenoxy) is 1. The molecule has 154 valence electrons. The SMILES string of the molecule is CC(C)(C)NC(=O)C1CSCN1C(=O)C1CCCN(C(=O)OC(C)(C)C)C1. The zero-order valence-electron chi connectivity index (χ0n) is 17.3. The summed E-state index contributed by atoms with van der Waals surface area (Å²) in [4.78, 5) is 41.3. The minimum Gasteiger partial charge on any atom is -0.444 e. The molecule has 8 heteroatoms. The van der Waals surface area contributed by atoms with Gasteiger partial charge in [0.1, 0.15) is 11.6 Å². The smallest absolute Gasteiger partial charge is 0.410 e. The van der Waals surface area contributed by atoms with E-state index in [1.54, 1.807) is 21.6 Å². The maximum absolute atomic E-state index is 13.1. The molecule has 0 bridgehead atoms. The molecule has 0 saturated carbocycles. The first-order valence-electron chi connectivity index (χ1n) is 9.55. The van der Waals surface area contributed by atoms with Crippen molar-refractivity contribution >= 4 is 29.7 Å². The van der Waals surface area contributed by atoms with Crippen molar-refractivity contribution in [1.82, 2.24) is 15.1 Å². The summed E-state index contributed by atoms with van der Waals surface area (Å²) in [5.41, 5.74) is -0.896. The van der Waals surface area contributed by atoms with Crippen LogP contribution in [0.4, 0.5) is 4.79 Å². The number of thioether (sulfide) groups is 1. The van der Waals surface area contributed by atoms with Gasteiger partial charge in [-0.2, -0.15) is 0 Å². The van der Waals surface area contributed by atoms with Gasteiger partial charge in [-0.15, -0.1) is 11.8 Å². The predicted molar refractivity (Wildman–Crippen MR) is 106 cm³/mol. The number of nitrogens with zero attached hydrogens (tertiary/aromatic N) is 2. The number of carbonyl (C=O) groups excluding carboxylic acids is 3. The van der Waals surface area contributed by atoms with Crippen LogP contribution in [-0.4, -0.2) is 69.6 Å². The normalized spacial score (nSPS) is 23.9. The van der Waals surface area contributed by atoms with E-state index in [9.17, 15) is 14.4 Å². The molecule has 2 unspecified atom stereocenters. The number of carbonyl (C=O) groups is 3. The molecule has 0 radical (unpaired) electrons.